The largest absolute Gasteiger partial charge is 0.481 e. The van der Waals surface area contributed by atoms with Crippen LogP contribution in [-0.4, -0.2) is 53.7 Å². The number of carboxylic acid groups (broad SMARTS) is 1. The van der Waals surface area contributed by atoms with Crippen LogP contribution in [0.1, 0.15) is 56.6 Å². The molecule has 1 saturated heterocycles. The van der Waals surface area contributed by atoms with Gasteiger partial charge in [0.25, 0.3) is 0 Å². The van der Waals surface area contributed by atoms with Gasteiger partial charge in [0.2, 0.25) is 5.91 Å². The van der Waals surface area contributed by atoms with Crippen molar-refractivity contribution in [2.45, 2.75) is 51.5 Å². The van der Waals surface area contributed by atoms with Gasteiger partial charge in [0.15, 0.2) is 0 Å². The highest BCUT2D eigenvalue weighted by atomic mass is 16.5. The molecule has 3 atom stereocenters. The number of hydrogen-bond acceptors (Lipinski definition) is 4. The summed E-state index contributed by atoms with van der Waals surface area (Å²) in [5, 5.41) is 12.3. The van der Waals surface area contributed by atoms with Gasteiger partial charge in [0.1, 0.15) is 6.61 Å². The molecule has 0 aromatic heterocycles. The first-order chi connectivity index (χ1) is 16.9. The van der Waals surface area contributed by atoms with Gasteiger partial charge >= 0.3 is 12.1 Å². The summed E-state index contributed by atoms with van der Waals surface area (Å²) in [7, 11) is 0. The van der Waals surface area contributed by atoms with E-state index in [1.165, 1.54) is 11.1 Å². The fourth-order valence-electron chi connectivity index (χ4n) is 5.31. The number of aliphatic carboxylic acids is 1. The van der Waals surface area contributed by atoms with Gasteiger partial charge in [-0.3, -0.25) is 9.59 Å². The molecule has 4 rings (SSSR count). The van der Waals surface area contributed by atoms with E-state index in [9.17, 15) is 19.5 Å². The number of hydrogen-bond donors (Lipinski definition) is 2. The highest BCUT2D eigenvalue weighted by molar-refractivity contribution is 5.81. The second-order valence-corrected chi connectivity index (χ2v) is 9.73. The second kappa shape index (κ2) is 10.9. The SMILES string of the molecule is CCCC[C@@H](CC(=O)N1C[C@@H](C)[C@H](C(=O)O)C1)NC(=O)OCC1c2ccccc2-c2ccccc21. The zero-order valence-corrected chi connectivity index (χ0v) is 20.4. The van der Waals surface area contributed by atoms with E-state index in [2.05, 4.69) is 36.5 Å². The van der Waals surface area contributed by atoms with Crippen molar-refractivity contribution < 1.29 is 24.2 Å². The summed E-state index contributed by atoms with van der Waals surface area (Å²) < 4.78 is 5.67. The molecule has 186 valence electrons. The minimum absolute atomic E-state index is 0.0251. The Labute approximate surface area is 206 Å². The third kappa shape index (κ3) is 5.50. The van der Waals surface area contributed by atoms with Crippen LogP contribution in [0.15, 0.2) is 48.5 Å². The van der Waals surface area contributed by atoms with Crippen LogP contribution in [0.3, 0.4) is 0 Å². The number of carbonyl (C=O) groups excluding carboxylic acids is 2. The quantitative estimate of drug-likeness (QED) is 0.547. The third-order valence-electron chi connectivity index (χ3n) is 7.28. The molecule has 7 nitrogen and oxygen atoms in total. The fraction of sp³-hybridized carbons (Fsp3) is 0.464. The lowest BCUT2D eigenvalue weighted by Crippen LogP contribution is -2.41. The maximum absolute atomic E-state index is 12.9. The molecule has 2 N–H and O–H groups in total. The standard InChI is InChI=1S/C28H34N2O5/c1-3-4-9-19(14-26(31)30-15-18(2)24(16-30)27(32)33)29-28(34)35-17-25-22-12-7-5-10-20(22)21-11-6-8-13-23(21)25/h5-8,10-13,18-19,24-25H,3-4,9,14-17H2,1-2H3,(H,29,34)(H,32,33)/t18-,19+,24-/m1/s1. The topological polar surface area (TPSA) is 95.9 Å². The Hall–Kier alpha value is -3.35. The number of nitrogens with one attached hydrogen (secondary N) is 1. The lowest BCUT2D eigenvalue weighted by atomic mass is 9.98. The van der Waals surface area contributed by atoms with Crippen molar-refractivity contribution >= 4 is 18.0 Å². The minimum Gasteiger partial charge on any atom is -0.481 e. The molecule has 7 heteroatoms. The molecule has 0 spiro atoms. The van der Waals surface area contributed by atoms with Crippen LogP contribution in [0.25, 0.3) is 11.1 Å². The number of amides is 2. The molecule has 1 aliphatic carbocycles. The van der Waals surface area contributed by atoms with Crippen LogP contribution in [0.5, 0.6) is 0 Å². The van der Waals surface area contributed by atoms with Gasteiger partial charge in [0.05, 0.1) is 5.92 Å². The Kier molecular flexibility index (Phi) is 7.73. The molecule has 0 unspecified atom stereocenters. The number of alkyl carbamates (subject to hydrolysis) is 1. The lowest BCUT2D eigenvalue weighted by Gasteiger charge is -2.23. The fourth-order valence-corrected chi connectivity index (χ4v) is 5.31. The Balaban J connectivity index is 1.36. The number of carbonyl (C=O) groups is 3. The summed E-state index contributed by atoms with van der Waals surface area (Å²) >= 11 is 0. The molecule has 35 heavy (non-hydrogen) atoms. The van der Waals surface area contributed by atoms with E-state index in [4.69, 9.17) is 4.74 Å². The highest BCUT2D eigenvalue weighted by Crippen LogP contribution is 2.44. The summed E-state index contributed by atoms with van der Waals surface area (Å²) in [5.74, 6) is -1.64. The Morgan fingerprint density at radius 1 is 1.06 bits per heavy atom. The van der Waals surface area contributed by atoms with Crippen LogP contribution in [-0.2, 0) is 14.3 Å². The number of unbranched alkanes of at least 4 members (excludes halogenated alkanes) is 1. The molecule has 2 aliphatic rings. The normalized spacial score (nSPS) is 19.7. The van der Waals surface area contributed by atoms with Crippen molar-refractivity contribution in [3.63, 3.8) is 0 Å². The van der Waals surface area contributed by atoms with Crippen LogP contribution in [0, 0.1) is 11.8 Å². The second-order valence-electron chi connectivity index (χ2n) is 9.73. The maximum Gasteiger partial charge on any atom is 0.407 e. The molecule has 1 aliphatic heterocycles. The molecule has 1 fully saturated rings. The van der Waals surface area contributed by atoms with Crippen molar-refractivity contribution in [2.24, 2.45) is 11.8 Å². The van der Waals surface area contributed by atoms with E-state index < -0.39 is 18.0 Å². The summed E-state index contributed by atoms with van der Waals surface area (Å²) in [5.41, 5.74) is 4.64. The van der Waals surface area contributed by atoms with Gasteiger partial charge in [-0.25, -0.2) is 4.79 Å². The molecular formula is C28H34N2O5. The smallest absolute Gasteiger partial charge is 0.407 e. The Morgan fingerprint density at radius 3 is 2.26 bits per heavy atom. The number of likely N-dealkylation sites (tertiary alicyclic amines) is 1. The Bertz CT molecular complexity index is 1040. The van der Waals surface area contributed by atoms with E-state index in [0.717, 1.165) is 24.0 Å². The molecule has 0 saturated carbocycles. The van der Waals surface area contributed by atoms with Gasteiger partial charge in [-0.1, -0.05) is 75.2 Å². The predicted molar refractivity (Wildman–Crippen MR) is 133 cm³/mol. The molecule has 1 heterocycles. The highest BCUT2D eigenvalue weighted by Gasteiger charge is 2.37. The van der Waals surface area contributed by atoms with E-state index in [1.54, 1.807) is 4.90 Å². The third-order valence-corrected chi connectivity index (χ3v) is 7.28. The minimum atomic E-state index is -0.868. The van der Waals surface area contributed by atoms with Gasteiger partial charge < -0.3 is 20.1 Å². The Morgan fingerprint density at radius 2 is 1.69 bits per heavy atom. The van der Waals surface area contributed by atoms with E-state index in [-0.39, 0.29) is 43.4 Å². The monoisotopic (exact) mass is 478 g/mol. The molecule has 2 aromatic carbocycles. The van der Waals surface area contributed by atoms with E-state index in [0.29, 0.717) is 13.0 Å². The van der Waals surface area contributed by atoms with Gasteiger partial charge in [-0.2, -0.15) is 0 Å². The van der Waals surface area contributed by atoms with E-state index >= 15 is 0 Å². The summed E-state index contributed by atoms with van der Waals surface area (Å²) in [6.07, 6.45) is 2.09. The van der Waals surface area contributed by atoms with Gasteiger partial charge in [0, 0.05) is 31.5 Å². The summed E-state index contributed by atoms with van der Waals surface area (Å²) in [4.78, 5) is 38.7. The zero-order chi connectivity index (χ0) is 24.9. The first-order valence-electron chi connectivity index (χ1n) is 12.5. The van der Waals surface area contributed by atoms with Crippen LogP contribution < -0.4 is 5.32 Å². The van der Waals surface area contributed by atoms with Crippen molar-refractivity contribution in [3.05, 3.63) is 59.7 Å². The number of carboxylic acids is 1. The number of benzene rings is 2. The molecule has 0 radical (unpaired) electrons. The molecule has 2 amide bonds. The van der Waals surface area contributed by atoms with Crippen molar-refractivity contribution in [1.29, 1.82) is 0 Å². The van der Waals surface area contributed by atoms with Crippen LogP contribution >= 0.6 is 0 Å². The summed E-state index contributed by atoms with van der Waals surface area (Å²) in [6.45, 7) is 4.79. The van der Waals surface area contributed by atoms with Gasteiger partial charge in [-0.15, -0.1) is 0 Å². The number of rotatable bonds is 9. The van der Waals surface area contributed by atoms with Gasteiger partial charge in [-0.05, 0) is 34.6 Å². The first-order valence-corrected chi connectivity index (χ1v) is 12.5. The predicted octanol–water partition coefficient (Wildman–Crippen LogP) is 4.65. The molecule has 0 bridgehead atoms. The average molecular weight is 479 g/mol. The number of fused-ring (bicyclic) bond motifs is 3. The molecule has 2 aromatic rings. The zero-order valence-electron chi connectivity index (χ0n) is 20.4. The van der Waals surface area contributed by atoms with Crippen molar-refractivity contribution in [1.82, 2.24) is 10.2 Å². The molecular weight excluding hydrogens is 444 g/mol. The van der Waals surface area contributed by atoms with Crippen LogP contribution in [0.4, 0.5) is 4.79 Å². The summed E-state index contributed by atoms with van der Waals surface area (Å²) in [6, 6.07) is 16.0. The van der Waals surface area contributed by atoms with Crippen molar-refractivity contribution in [2.75, 3.05) is 19.7 Å². The number of ether oxygens (including phenoxy) is 1. The van der Waals surface area contributed by atoms with E-state index in [1.807, 2.05) is 31.2 Å². The van der Waals surface area contributed by atoms with Crippen LogP contribution in [0.2, 0.25) is 0 Å². The first kappa shape index (κ1) is 24.8. The maximum atomic E-state index is 12.9. The van der Waals surface area contributed by atoms with Crippen molar-refractivity contribution in [3.8, 4) is 11.1 Å². The lowest BCUT2D eigenvalue weighted by molar-refractivity contribution is -0.142. The average Bonchev–Trinajstić information content (AvgIpc) is 3.39. The number of nitrogens with zero attached hydrogens (tertiary/aromatic N) is 1.